The van der Waals surface area contributed by atoms with E-state index in [1.165, 1.54) is 7.11 Å². The van der Waals surface area contributed by atoms with E-state index in [1.807, 2.05) is 17.3 Å². The third kappa shape index (κ3) is 3.78. The Hall–Kier alpha value is -1.89. The number of thiazole rings is 1. The molecule has 0 aromatic carbocycles. The number of imidazole rings is 1. The Morgan fingerprint density at radius 2 is 2.42 bits per heavy atom. The first-order valence-electron chi connectivity index (χ1n) is 5.89. The van der Waals surface area contributed by atoms with Crippen LogP contribution < -0.4 is 4.90 Å². The second-order valence-corrected chi connectivity index (χ2v) is 4.93. The number of carbonyl (C=O) groups excluding carboxylic acids is 1. The molecule has 0 aliphatic carbocycles. The number of methoxy groups -OCH3 is 1. The number of aromatic amines is 1. The zero-order valence-electron chi connectivity index (χ0n) is 10.9. The molecular formula is C12H16N4O2S. The molecule has 0 bridgehead atoms. The van der Waals surface area contributed by atoms with E-state index in [2.05, 4.69) is 19.7 Å². The van der Waals surface area contributed by atoms with Crippen LogP contribution >= 0.6 is 11.3 Å². The van der Waals surface area contributed by atoms with Crippen molar-refractivity contribution in [2.24, 2.45) is 0 Å². The van der Waals surface area contributed by atoms with Crippen molar-refractivity contribution in [3.8, 4) is 0 Å². The average molecular weight is 280 g/mol. The summed E-state index contributed by atoms with van der Waals surface area (Å²) in [5.41, 5.74) is 0.914. The van der Waals surface area contributed by atoms with Gasteiger partial charge in [0.15, 0.2) is 5.13 Å². The van der Waals surface area contributed by atoms with Gasteiger partial charge < -0.3 is 14.6 Å². The fourth-order valence-corrected chi connectivity index (χ4v) is 2.42. The minimum Gasteiger partial charge on any atom is -0.469 e. The van der Waals surface area contributed by atoms with E-state index in [9.17, 15) is 4.79 Å². The van der Waals surface area contributed by atoms with E-state index < -0.39 is 0 Å². The van der Waals surface area contributed by atoms with Crippen LogP contribution in [-0.2, 0) is 22.5 Å². The maximum Gasteiger partial charge on any atom is 0.305 e. The molecule has 0 saturated carbocycles. The smallest absolute Gasteiger partial charge is 0.305 e. The first-order chi connectivity index (χ1) is 9.19. The lowest BCUT2D eigenvalue weighted by Crippen LogP contribution is -2.17. The quantitative estimate of drug-likeness (QED) is 0.814. The van der Waals surface area contributed by atoms with Crippen molar-refractivity contribution in [3.63, 3.8) is 0 Å². The van der Waals surface area contributed by atoms with Crippen LogP contribution in [-0.4, -0.2) is 35.1 Å². The lowest BCUT2D eigenvalue weighted by molar-refractivity contribution is -0.140. The summed E-state index contributed by atoms with van der Waals surface area (Å²) in [6, 6.07) is 0. The molecule has 102 valence electrons. The van der Waals surface area contributed by atoms with Crippen LogP contribution in [0.4, 0.5) is 5.13 Å². The van der Waals surface area contributed by atoms with Crippen LogP contribution in [0, 0.1) is 0 Å². The number of anilines is 1. The minimum atomic E-state index is -0.210. The first kappa shape index (κ1) is 13.5. The number of rotatable bonds is 6. The summed E-state index contributed by atoms with van der Waals surface area (Å²) in [4.78, 5) is 24.8. The molecule has 0 spiro atoms. The first-order valence-corrected chi connectivity index (χ1v) is 6.77. The van der Waals surface area contributed by atoms with Gasteiger partial charge in [0, 0.05) is 31.2 Å². The molecule has 0 fully saturated rings. The summed E-state index contributed by atoms with van der Waals surface area (Å²) in [5.74, 6) is 0.687. The standard InChI is InChI=1S/C12H16N4O2S/c1-16(7-10-13-5-6-14-10)12-15-9(8-19-12)3-4-11(17)18-2/h5-6,8H,3-4,7H2,1-2H3,(H,13,14). The number of nitrogens with zero attached hydrogens (tertiary/aromatic N) is 3. The second-order valence-electron chi connectivity index (χ2n) is 4.09. The lowest BCUT2D eigenvalue weighted by Gasteiger charge is -2.13. The van der Waals surface area contributed by atoms with Gasteiger partial charge in [0.05, 0.1) is 25.8 Å². The summed E-state index contributed by atoms with van der Waals surface area (Å²) in [5, 5.41) is 2.88. The number of aromatic nitrogens is 3. The Balaban J connectivity index is 1.90. The minimum absolute atomic E-state index is 0.210. The molecule has 7 heteroatoms. The largest absolute Gasteiger partial charge is 0.469 e. The van der Waals surface area contributed by atoms with E-state index in [0.29, 0.717) is 19.4 Å². The van der Waals surface area contributed by atoms with E-state index in [1.54, 1.807) is 23.7 Å². The number of hydrogen-bond acceptors (Lipinski definition) is 6. The van der Waals surface area contributed by atoms with Crippen LogP contribution in [0.5, 0.6) is 0 Å². The highest BCUT2D eigenvalue weighted by Crippen LogP contribution is 2.21. The highest BCUT2D eigenvalue weighted by molar-refractivity contribution is 7.13. The molecule has 0 radical (unpaired) electrons. The number of aryl methyl sites for hydroxylation is 1. The highest BCUT2D eigenvalue weighted by Gasteiger charge is 2.10. The molecule has 19 heavy (non-hydrogen) atoms. The lowest BCUT2D eigenvalue weighted by atomic mass is 10.2. The van der Waals surface area contributed by atoms with Gasteiger partial charge in [-0.25, -0.2) is 9.97 Å². The predicted octanol–water partition coefficient (Wildman–Crippen LogP) is 1.61. The van der Waals surface area contributed by atoms with E-state index in [4.69, 9.17) is 0 Å². The fourth-order valence-electron chi connectivity index (χ4n) is 1.60. The van der Waals surface area contributed by atoms with Crippen molar-refractivity contribution in [2.45, 2.75) is 19.4 Å². The molecule has 0 aliphatic rings. The van der Waals surface area contributed by atoms with Crippen LogP contribution in [0.15, 0.2) is 17.8 Å². The predicted molar refractivity (Wildman–Crippen MR) is 73.1 cm³/mol. The molecular weight excluding hydrogens is 264 g/mol. The zero-order chi connectivity index (χ0) is 13.7. The van der Waals surface area contributed by atoms with Gasteiger partial charge in [0.25, 0.3) is 0 Å². The van der Waals surface area contributed by atoms with Crippen molar-refractivity contribution >= 4 is 22.4 Å². The molecule has 1 N–H and O–H groups in total. The van der Waals surface area contributed by atoms with Crippen LogP contribution in [0.25, 0.3) is 0 Å². The maximum atomic E-state index is 11.1. The number of hydrogen-bond donors (Lipinski definition) is 1. The van der Waals surface area contributed by atoms with Gasteiger partial charge in [0.1, 0.15) is 5.82 Å². The van der Waals surface area contributed by atoms with Gasteiger partial charge >= 0.3 is 5.97 Å². The van der Waals surface area contributed by atoms with E-state index in [-0.39, 0.29) is 5.97 Å². The Bertz CT molecular complexity index is 524. The fraction of sp³-hybridized carbons (Fsp3) is 0.417. The Labute approximate surface area is 115 Å². The third-order valence-electron chi connectivity index (χ3n) is 2.62. The van der Waals surface area contributed by atoms with E-state index >= 15 is 0 Å². The summed E-state index contributed by atoms with van der Waals surface area (Å²) in [6.07, 6.45) is 4.50. The number of nitrogens with one attached hydrogen (secondary N) is 1. The second kappa shape index (κ2) is 6.33. The molecule has 0 atom stereocenters. The van der Waals surface area contributed by atoms with Gasteiger partial charge in [-0.05, 0) is 0 Å². The summed E-state index contributed by atoms with van der Waals surface area (Å²) < 4.78 is 4.61. The molecule has 0 saturated heterocycles. The molecule has 2 aromatic rings. The van der Waals surface area contributed by atoms with E-state index in [0.717, 1.165) is 16.6 Å². The number of ether oxygens (including phenoxy) is 1. The molecule has 2 aromatic heterocycles. The monoisotopic (exact) mass is 280 g/mol. The van der Waals surface area contributed by atoms with Gasteiger partial charge in [-0.1, -0.05) is 0 Å². The SMILES string of the molecule is COC(=O)CCc1csc(N(C)Cc2ncc[nH]2)n1. The Morgan fingerprint density at radius 3 is 3.11 bits per heavy atom. The van der Waals surface area contributed by atoms with Gasteiger partial charge in [0.2, 0.25) is 0 Å². The number of esters is 1. The van der Waals surface area contributed by atoms with Crippen molar-refractivity contribution in [3.05, 3.63) is 29.3 Å². The third-order valence-corrected chi connectivity index (χ3v) is 3.62. The molecule has 2 rings (SSSR count). The normalized spacial score (nSPS) is 10.4. The van der Waals surface area contributed by atoms with Gasteiger partial charge in [-0.15, -0.1) is 11.3 Å². The van der Waals surface area contributed by atoms with Crippen molar-refractivity contribution < 1.29 is 9.53 Å². The van der Waals surface area contributed by atoms with Crippen molar-refractivity contribution in [2.75, 3.05) is 19.1 Å². The topological polar surface area (TPSA) is 71.1 Å². The zero-order valence-corrected chi connectivity index (χ0v) is 11.7. The Morgan fingerprint density at radius 1 is 1.58 bits per heavy atom. The van der Waals surface area contributed by atoms with Crippen LogP contribution in [0.3, 0.4) is 0 Å². The molecule has 6 nitrogen and oxygen atoms in total. The summed E-state index contributed by atoms with van der Waals surface area (Å²) >= 11 is 1.56. The summed E-state index contributed by atoms with van der Waals surface area (Å²) in [6.45, 7) is 0.678. The number of carbonyl (C=O) groups is 1. The van der Waals surface area contributed by atoms with Crippen molar-refractivity contribution in [1.82, 2.24) is 15.0 Å². The highest BCUT2D eigenvalue weighted by atomic mass is 32.1. The summed E-state index contributed by atoms with van der Waals surface area (Å²) in [7, 11) is 3.36. The molecule has 0 amide bonds. The Kier molecular flexibility index (Phi) is 4.51. The molecule has 0 aliphatic heterocycles. The molecule has 2 heterocycles. The van der Waals surface area contributed by atoms with Crippen LogP contribution in [0.1, 0.15) is 17.9 Å². The molecule has 0 unspecified atom stereocenters. The van der Waals surface area contributed by atoms with Crippen molar-refractivity contribution in [1.29, 1.82) is 0 Å². The van der Waals surface area contributed by atoms with Gasteiger partial charge in [-0.2, -0.15) is 0 Å². The maximum absolute atomic E-state index is 11.1. The average Bonchev–Trinajstić information content (AvgIpc) is 3.06. The van der Waals surface area contributed by atoms with Crippen LogP contribution in [0.2, 0.25) is 0 Å². The number of H-pyrrole nitrogens is 1. The van der Waals surface area contributed by atoms with Gasteiger partial charge in [-0.3, -0.25) is 4.79 Å².